The molecule has 116 valence electrons. The number of rotatable bonds is 5. The van der Waals surface area contributed by atoms with E-state index in [2.05, 4.69) is 17.4 Å². The molecule has 0 amide bonds. The predicted molar refractivity (Wildman–Crippen MR) is 84.7 cm³/mol. The smallest absolute Gasteiger partial charge is 0.124 e. The highest BCUT2D eigenvalue weighted by Gasteiger charge is 2.18. The van der Waals surface area contributed by atoms with Gasteiger partial charge in [-0.05, 0) is 55.9 Å². The average Bonchev–Trinajstić information content (AvgIpc) is 3.01. The Balaban J connectivity index is 1.43. The number of anilines is 1. The molecular weight excluding hydrogens is 264 g/mol. The fraction of sp³-hybridized carbons (Fsp3) is 0.647. The summed E-state index contributed by atoms with van der Waals surface area (Å²) in [7, 11) is 0. The van der Waals surface area contributed by atoms with Crippen molar-refractivity contribution in [3.8, 4) is 5.75 Å². The van der Waals surface area contributed by atoms with Gasteiger partial charge in [-0.25, -0.2) is 0 Å². The van der Waals surface area contributed by atoms with Crippen molar-refractivity contribution < 1.29 is 9.47 Å². The van der Waals surface area contributed by atoms with Crippen molar-refractivity contribution in [2.45, 2.75) is 44.2 Å². The van der Waals surface area contributed by atoms with E-state index < -0.39 is 0 Å². The zero-order valence-electron chi connectivity index (χ0n) is 12.6. The molecule has 3 N–H and O–H groups in total. The maximum absolute atomic E-state index is 5.94. The number of nitrogens with one attached hydrogen (secondary N) is 1. The second-order valence-corrected chi connectivity index (χ2v) is 6.29. The number of nitrogens with two attached hydrogens (primary N) is 1. The summed E-state index contributed by atoms with van der Waals surface area (Å²) in [6, 6.07) is 8.70. The summed E-state index contributed by atoms with van der Waals surface area (Å²) in [5, 5.41) is 3.53. The molecule has 3 rings (SSSR count). The van der Waals surface area contributed by atoms with Gasteiger partial charge >= 0.3 is 0 Å². The van der Waals surface area contributed by atoms with E-state index in [0.717, 1.165) is 31.2 Å². The zero-order valence-corrected chi connectivity index (χ0v) is 12.6. The molecule has 2 fully saturated rings. The molecule has 1 atom stereocenters. The average molecular weight is 290 g/mol. The Morgan fingerprint density at radius 2 is 1.86 bits per heavy atom. The van der Waals surface area contributed by atoms with E-state index in [1.807, 2.05) is 12.1 Å². The van der Waals surface area contributed by atoms with Gasteiger partial charge < -0.3 is 20.5 Å². The van der Waals surface area contributed by atoms with E-state index in [1.54, 1.807) is 0 Å². The van der Waals surface area contributed by atoms with Gasteiger partial charge in [0.15, 0.2) is 0 Å². The second-order valence-electron chi connectivity index (χ2n) is 6.29. The van der Waals surface area contributed by atoms with Crippen LogP contribution in [-0.4, -0.2) is 31.9 Å². The molecule has 21 heavy (non-hydrogen) atoms. The van der Waals surface area contributed by atoms with Crippen LogP contribution in [0.3, 0.4) is 0 Å². The fourth-order valence-electron chi connectivity index (χ4n) is 3.10. The van der Waals surface area contributed by atoms with Crippen molar-refractivity contribution in [3.63, 3.8) is 0 Å². The third-order valence-corrected chi connectivity index (χ3v) is 4.53. The van der Waals surface area contributed by atoms with E-state index in [0.29, 0.717) is 12.6 Å². The van der Waals surface area contributed by atoms with Crippen molar-refractivity contribution in [3.05, 3.63) is 24.3 Å². The van der Waals surface area contributed by atoms with Crippen LogP contribution in [0.1, 0.15) is 32.1 Å². The molecule has 1 saturated heterocycles. The third kappa shape index (κ3) is 4.35. The molecule has 0 radical (unpaired) electrons. The molecule has 4 heteroatoms. The topological polar surface area (TPSA) is 56.5 Å². The number of hydrogen-bond acceptors (Lipinski definition) is 4. The van der Waals surface area contributed by atoms with E-state index in [-0.39, 0.29) is 6.10 Å². The lowest BCUT2D eigenvalue weighted by Gasteiger charge is -2.26. The first-order valence-electron chi connectivity index (χ1n) is 8.13. The maximum Gasteiger partial charge on any atom is 0.124 e. The van der Waals surface area contributed by atoms with Crippen LogP contribution in [0.2, 0.25) is 0 Å². The van der Waals surface area contributed by atoms with Crippen LogP contribution in [0.15, 0.2) is 24.3 Å². The monoisotopic (exact) mass is 290 g/mol. The molecule has 2 aliphatic rings. The lowest BCUT2D eigenvalue weighted by molar-refractivity contribution is 0.141. The van der Waals surface area contributed by atoms with Crippen LogP contribution in [0, 0.1) is 5.92 Å². The van der Waals surface area contributed by atoms with Crippen molar-refractivity contribution in [1.29, 1.82) is 0 Å². The molecule has 1 saturated carbocycles. The van der Waals surface area contributed by atoms with Gasteiger partial charge in [0.1, 0.15) is 11.9 Å². The van der Waals surface area contributed by atoms with E-state index in [9.17, 15) is 0 Å². The van der Waals surface area contributed by atoms with Gasteiger partial charge in [0.25, 0.3) is 0 Å². The second kappa shape index (κ2) is 7.14. The molecule has 4 nitrogen and oxygen atoms in total. The summed E-state index contributed by atoms with van der Waals surface area (Å²) >= 11 is 0. The Morgan fingerprint density at radius 1 is 1.10 bits per heavy atom. The first kappa shape index (κ1) is 14.7. The zero-order chi connectivity index (χ0) is 14.5. The van der Waals surface area contributed by atoms with Crippen LogP contribution in [0.4, 0.5) is 5.69 Å². The van der Waals surface area contributed by atoms with Crippen molar-refractivity contribution in [2.24, 2.45) is 11.7 Å². The Morgan fingerprint density at radius 3 is 2.52 bits per heavy atom. The fourth-order valence-corrected chi connectivity index (χ4v) is 3.10. The third-order valence-electron chi connectivity index (χ3n) is 4.53. The van der Waals surface area contributed by atoms with Crippen molar-refractivity contribution in [2.75, 3.05) is 25.1 Å². The highest BCUT2D eigenvalue weighted by molar-refractivity contribution is 5.46. The molecule has 0 aromatic heterocycles. The van der Waals surface area contributed by atoms with Gasteiger partial charge in [-0.2, -0.15) is 0 Å². The highest BCUT2D eigenvalue weighted by atomic mass is 16.5. The summed E-state index contributed by atoms with van der Waals surface area (Å²) in [5.41, 5.74) is 7.11. The summed E-state index contributed by atoms with van der Waals surface area (Å²) in [4.78, 5) is 0. The molecule has 1 aliphatic heterocycles. The van der Waals surface area contributed by atoms with E-state index in [1.165, 1.54) is 31.4 Å². The summed E-state index contributed by atoms with van der Waals surface area (Å²) < 4.78 is 11.2. The Hall–Kier alpha value is -1.26. The van der Waals surface area contributed by atoms with Gasteiger partial charge in [-0.1, -0.05) is 0 Å². The summed E-state index contributed by atoms with van der Waals surface area (Å²) in [6.45, 7) is 2.57. The van der Waals surface area contributed by atoms with Crippen molar-refractivity contribution in [1.82, 2.24) is 0 Å². The predicted octanol–water partition coefficient (Wildman–Crippen LogP) is 2.78. The van der Waals surface area contributed by atoms with Crippen LogP contribution in [0.5, 0.6) is 5.75 Å². The first-order valence-corrected chi connectivity index (χ1v) is 8.13. The van der Waals surface area contributed by atoms with E-state index in [4.69, 9.17) is 15.2 Å². The SMILES string of the molecule is N[C@H]1CC[C@H](CNc2ccc(OC3CCOC3)cc2)CC1. The Labute approximate surface area is 127 Å². The first-order chi connectivity index (χ1) is 10.3. The molecule has 0 spiro atoms. The minimum absolute atomic E-state index is 0.218. The molecule has 1 aliphatic carbocycles. The number of ether oxygens (including phenoxy) is 2. The minimum atomic E-state index is 0.218. The van der Waals surface area contributed by atoms with Gasteiger partial charge in [0.05, 0.1) is 13.2 Å². The quantitative estimate of drug-likeness (QED) is 0.875. The summed E-state index contributed by atoms with van der Waals surface area (Å²) in [6.07, 6.45) is 6.04. The molecule has 1 heterocycles. The van der Waals surface area contributed by atoms with E-state index >= 15 is 0 Å². The lowest BCUT2D eigenvalue weighted by Crippen LogP contribution is -2.29. The van der Waals surface area contributed by atoms with Crippen LogP contribution in [-0.2, 0) is 4.74 Å². The normalized spacial score (nSPS) is 29.3. The van der Waals surface area contributed by atoms with Crippen LogP contribution >= 0.6 is 0 Å². The molecule has 1 aromatic carbocycles. The minimum Gasteiger partial charge on any atom is -0.488 e. The molecular formula is C17H26N2O2. The van der Waals surface area contributed by atoms with Crippen molar-refractivity contribution >= 4 is 5.69 Å². The molecule has 1 aromatic rings. The van der Waals surface area contributed by atoms with Gasteiger partial charge in [0, 0.05) is 24.7 Å². The largest absolute Gasteiger partial charge is 0.488 e. The Kier molecular flexibility index (Phi) is 4.99. The van der Waals surface area contributed by atoms with Crippen LogP contribution < -0.4 is 15.8 Å². The lowest BCUT2D eigenvalue weighted by atomic mass is 9.86. The Bertz CT molecular complexity index is 421. The van der Waals surface area contributed by atoms with Gasteiger partial charge in [-0.3, -0.25) is 0 Å². The van der Waals surface area contributed by atoms with Gasteiger partial charge in [-0.15, -0.1) is 0 Å². The maximum atomic E-state index is 5.94. The molecule has 0 bridgehead atoms. The number of benzene rings is 1. The van der Waals surface area contributed by atoms with Crippen LogP contribution in [0.25, 0.3) is 0 Å². The summed E-state index contributed by atoms with van der Waals surface area (Å²) in [5.74, 6) is 1.69. The molecule has 1 unspecified atom stereocenters. The standard InChI is InChI=1S/C17H26N2O2/c18-14-3-1-13(2-4-14)11-19-15-5-7-16(8-6-15)21-17-9-10-20-12-17/h5-8,13-14,17,19H,1-4,9-12,18H2/t13-,14-,17?. The van der Waals surface area contributed by atoms with Gasteiger partial charge in [0.2, 0.25) is 0 Å². The number of hydrogen-bond donors (Lipinski definition) is 2. The highest BCUT2D eigenvalue weighted by Crippen LogP contribution is 2.24.